The van der Waals surface area contributed by atoms with E-state index in [0.717, 1.165) is 11.1 Å². The molecule has 1 rings (SSSR count). The zero-order valence-electron chi connectivity index (χ0n) is 7.76. The van der Waals surface area contributed by atoms with E-state index in [0.29, 0.717) is 5.92 Å². The fourth-order valence-corrected chi connectivity index (χ4v) is 1.26. The van der Waals surface area contributed by atoms with Crippen LogP contribution < -0.4 is 0 Å². The number of hydrogen-bond donors (Lipinski definition) is 0. The molecule has 62 valence electrons. The Morgan fingerprint density at radius 1 is 1.33 bits per heavy atom. The molecule has 0 saturated heterocycles. The molecule has 0 radical (unpaired) electrons. The highest BCUT2D eigenvalue weighted by Gasteiger charge is 2.05. The molecule has 0 bridgehead atoms. The minimum absolute atomic E-state index is 0.430. The maximum atomic E-state index is 8.81. The molecule has 0 aliphatic heterocycles. The zero-order chi connectivity index (χ0) is 9.14. The maximum Gasteiger partial charge on any atom is 0.0994 e. The largest absolute Gasteiger partial charge is 0.192 e. The van der Waals surface area contributed by atoms with Gasteiger partial charge in [-0.15, -0.1) is 0 Å². The molecule has 0 aromatic heterocycles. The van der Waals surface area contributed by atoms with Crippen LogP contribution in [0.3, 0.4) is 0 Å². The van der Waals surface area contributed by atoms with Crippen molar-refractivity contribution in [2.75, 3.05) is 0 Å². The zero-order valence-corrected chi connectivity index (χ0v) is 7.76. The molecule has 1 aromatic rings. The van der Waals surface area contributed by atoms with Gasteiger partial charge in [0.1, 0.15) is 0 Å². The Kier molecular flexibility index (Phi) is 2.50. The molecule has 1 heteroatoms. The van der Waals surface area contributed by atoms with Crippen LogP contribution in [0.4, 0.5) is 0 Å². The van der Waals surface area contributed by atoms with Gasteiger partial charge in [-0.2, -0.15) is 5.26 Å². The molecule has 0 fully saturated rings. The van der Waals surface area contributed by atoms with Crippen LogP contribution in [0.15, 0.2) is 18.2 Å². The van der Waals surface area contributed by atoms with E-state index < -0.39 is 0 Å². The van der Waals surface area contributed by atoms with Gasteiger partial charge in [0.2, 0.25) is 0 Å². The second-order valence-electron chi connectivity index (χ2n) is 3.36. The summed E-state index contributed by atoms with van der Waals surface area (Å²) in [5.74, 6) is 0.430. The highest BCUT2D eigenvalue weighted by atomic mass is 14.2. The van der Waals surface area contributed by atoms with Crippen LogP contribution in [0, 0.1) is 18.3 Å². The van der Waals surface area contributed by atoms with Gasteiger partial charge >= 0.3 is 0 Å². The van der Waals surface area contributed by atoms with Crippen LogP contribution in [0.5, 0.6) is 0 Å². The third-order valence-corrected chi connectivity index (χ3v) is 1.95. The summed E-state index contributed by atoms with van der Waals surface area (Å²) in [6.45, 7) is 6.26. The van der Waals surface area contributed by atoms with Gasteiger partial charge in [-0.1, -0.05) is 31.5 Å². The predicted octanol–water partition coefficient (Wildman–Crippen LogP) is 2.99. The van der Waals surface area contributed by atoms with Gasteiger partial charge in [-0.3, -0.25) is 0 Å². The molecule has 1 nitrogen and oxygen atoms in total. The van der Waals surface area contributed by atoms with Crippen LogP contribution in [-0.2, 0) is 0 Å². The molecule has 0 unspecified atom stereocenters. The average molecular weight is 159 g/mol. The smallest absolute Gasteiger partial charge is 0.0994 e. The summed E-state index contributed by atoms with van der Waals surface area (Å²) in [6, 6.07) is 8.16. The SMILES string of the molecule is Cc1ccc(C#N)c(C(C)C)c1. The maximum absolute atomic E-state index is 8.81. The fourth-order valence-electron chi connectivity index (χ4n) is 1.26. The molecule has 0 heterocycles. The lowest BCUT2D eigenvalue weighted by Gasteiger charge is -2.07. The lowest BCUT2D eigenvalue weighted by molar-refractivity contribution is 0.861. The second kappa shape index (κ2) is 3.40. The molecular formula is C11H13N. The van der Waals surface area contributed by atoms with E-state index in [1.165, 1.54) is 5.56 Å². The standard InChI is InChI=1S/C11H13N/c1-8(2)11-6-9(3)4-5-10(11)7-12/h4-6,8H,1-3H3. The van der Waals surface area contributed by atoms with Gasteiger partial charge in [0.15, 0.2) is 0 Å². The Balaban J connectivity index is 3.24. The van der Waals surface area contributed by atoms with Crippen LogP contribution >= 0.6 is 0 Å². The summed E-state index contributed by atoms with van der Waals surface area (Å²) >= 11 is 0. The van der Waals surface area contributed by atoms with Gasteiger partial charge in [-0.25, -0.2) is 0 Å². The Labute approximate surface area is 73.6 Å². The van der Waals surface area contributed by atoms with E-state index in [1.807, 2.05) is 19.1 Å². The normalized spacial score (nSPS) is 9.92. The van der Waals surface area contributed by atoms with Crippen LogP contribution in [0.1, 0.15) is 36.5 Å². The number of hydrogen-bond acceptors (Lipinski definition) is 1. The molecular weight excluding hydrogens is 146 g/mol. The summed E-state index contributed by atoms with van der Waals surface area (Å²) in [5, 5.41) is 8.81. The molecule has 12 heavy (non-hydrogen) atoms. The summed E-state index contributed by atoms with van der Waals surface area (Å²) in [4.78, 5) is 0. The van der Waals surface area contributed by atoms with E-state index in [4.69, 9.17) is 5.26 Å². The molecule has 0 spiro atoms. The van der Waals surface area contributed by atoms with Crippen molar-refractivity contribution in [2.24, 2.45) is 0 Å². The first-order chi connectivity index (χ1) is 5.65. The van der Waals surface area contributed by atoms with Crippen LogP contribution in [0.25, 0.3) is 0 Å². The van der Waals surface area contributed by atoms with Crippen molar-refractivity contribution in [1.82, 2.24) is 0 Å². The number of benzene rings is 1. The Bertz CT molecular complexity index is 318. The van der Waals surface area contributed by atoms with E-state index in [2.05, 4.69) is 26.0 Å². The van der Waals surface area contributed by atoms with E-state index in [9.17, 15) is 0 Å². The van der Waals surface area contributed by atoms with E-state index in [1.54, 1.807) is 0 Å². The number of aryl methyl sites for hydroxylation is 1. The van der Waals surface area contributed by atoms with Crippen molar-refractivity contribution < 1.29 is 0 Å². The van der Waals surface area contributed by atoms with Crippen LogP contribution in [0.2, 0.25) is 0 Å². The van der Waals surface area contributed by atoms with Gasteiger partial charge in [-0.05, 0) is 24.5 Å². The molecule has 0 saturated carbocycles. The minimum Gasteiger partial charge on any atom is -0.192 e. The molecule has 0 amide bonds. The van der Waals surface area contributed by atoms with Gasteiger partial charge < -0.3 is 0 Å². The number of rotatable bonds is 1. The molecule has 0 atom stereocenters. The first-order valence-electron chi connectivity index (χ1n) is 4.16. The molecule has 0 N–H and O–H groups in total. The minimum atomic E-state index is 0.430. The van der Waals surface area contributed by atoms with Crippen molar-refractivity contribution >= 4 is 0 Å². The highest BCUT2D eigenvalue weighted by molar-refractivity contribution is 5.41. The lowest BCUT2D eigenvalue weighted by Crippen LogP contribution is -1.92. The van der Waals surface area contributed by atoms with Crippen molar-refractivity contribution in [1.29, 1.82) is 5.26 Å². The average Bonchev–Trinajstić information content (AvgIpc) is 2.04. The fraction of sp³-hybridized carbons (Fsp3) is 0.364. The van der Waals surface area contributed by atoms with Crippen molar-refractivity contribution in [3.05, 3.63) is 34.9 Å². The predicted molar refractivity (Wildman–Crippen MR) is 50.0 cm³/mol. The molecule has 0 aliphatic carbocycles. The Morgan fingerprint density at radius 2 is 2.00 bits per heavy atom. The van der Waals surface area contributed by atoms with E-state index >= 15 is 0 Å². The molecule has 1 aromatic carbocycles. The monoisotopic (exact) mass is 159 g/mol. The first kappa shape index (κ1) is 8.80. The van der Waals surface area contributed by atoms with Gasteiger partial charge in [0, 0.05) is 0 Å². The van der Waals surface area contributed by atoms with Crippen LogP contribution in [-0.4, -0.2) is 0 Å². The quantitative estimate of drug-likeness (QED) is 0.618. The second-order valence-corrected chi connectivity index (χ2v) is 3.36. The van der Waals surface area contributed by atoms with E-state index in [-0.39, 0.29) is 0 Å². The summed E-state index contributed by atoms with van der Waals surface area (Å²) in [7, 11) is 0. The Morgan fingerprint density at radius 3 is 2.50 bits per heavy atom. The summed E-state index contributed by atoms with van der Waals surface area (Å²) in [5.41, 5.74) is 3.17. The van der Waals surface area contributed by atoms with Crippen molar-refractivity contribution in [3.63, 3.8) is 0 Å². The number of nitriles is 1. The summed E-state index contributed by atoms with van der Waals surface area (Å²) in [6.07, 6.45) is 0. The topological polar surface area (TPSA) is 23.8 Å². The third-order valence-electron chi connectivity index (χ3n) is 1.95. The molecule has 0 aliphatic rings. The summed E-state index contributed by atoms with van der Waals surface area (Å²) < 4.78 is 0. The third kappa shape index (κ3) is 1.65. The lowest BCUT2D eigenvalue weighted by atomic mass is 9.96. The van der Waals surface area contributed by atoms with Gasteiger partial charge in [0.25, 0.3) is 0 Å². The van der Waals surface area contributed by atoms with Crippen molar-refractivity contribution in [3.8, 4) is 6.07 Å². The van der Waals surface area contributed by atoms with Gasteiger partial charge in [0.05, 0.1) is 11.6 Å². The Hall–Kier alpha value is -1.29. The van der Waals surface area contributed by atoms with Crippen molar-refractivity contribution in [2.45, 2.75) is 26.7 Å². The highest BCUT2D eigenvalue weighted by Crippen LogP contribution is 2.19. The first-order valence-corrected chi connectivity index (χ1v) is 4.16. The number of nitrogens with zero attached hydrogens (tertiary/aromatic N) is 1.